The van der Waals surface area contributed by atoms with Crippen molar-refractivity contribution < 1.29 is 0 Å². The molecule has 0 radical (unpaired) electrons. The van der Waals surface area contributed by atoms with Crippen molar-refractivity contribution in [2.45, 2.75) is 66.3 Å². The summed E-state index contributed by atoms with van der Waals surface area (Å²) >= 11 is 6.58. The summed E-state index contributed by atoms with van der Waals surface area (Å²) in [5.41, 5.74) is 8.61. The molecule has 0 bridgehead atoms. The molecule has 0 fully saturated rings. The number of hydrogen-bond donors (Lipinski definition) is 2. The number of aryl methyl sites for hydroxylation is 3. The zero-order chi connectivity index (χ0) is 19.6. The van der Waals surface area contributed by atoms with Crippen LogP contribution >= 0.6 is 11.6 Å². The van der Waals surface area contributed by atoms with Gasteiger partial charge in [0, 0.05) is 33.6 Å². The molecule has 0 aliphatic heterocycles. The molecular formula is C23H30ClN3. The van der Waals surface area contributed by atoms with Gasteiger partial charge in [-0.3, -0.25) is 4.98 Å². The number of halogens is 1. The van der Waals surface area contributed by atoms with Crippen LogP contribution in [0.2, 0.25) is 5.02 Å². The predicted octanol–water partition coefficient (Wildman–Crippen LogP) is 7.19. The first-order valence-corrected chi connectivity index (χ1v) is 10.3. The van der Waals surface area contributed by atoms with Crippen LogP contribution in [-0.2, 0) is 0 Å². The summed E-state index contributed by atoms with van der Waals surface area (Å²) in [6.45, 7) is 10.7. The standard InChI is InChI=1S/C23H30ClN3/c1-6-8-17(9-7-2)27-20-13-15(4)25-23-21(16(5)26-22(20)23)18-11-10-14(3)12-19(18)24/h10-13,17,26H,6-9H2,1-5H3,(H,25,27). The van der Waals surface area contributed by atoms with E-state index in [-0.39, 0.29) is 0 Å². The molecule has 3 rings (SSSR count). The van der Waals surface area contributed by atoms with Gasteiger partial charge in [-0.2, -0.15) is 0 Å². The fourth-order valence-corrected chi connectivity index (χ4v) is 4.21. The lowest BCUT2D eigenvalue weighted by molar-refractivity contribution is 0.586. The number of aromatic nitrogens is 2. The number of anilines is 1. The number of hydrogen-bond acceptors (Lipinski definition) is 2. The first-order chi connectivity index (χ1) is 12.9. The fourth-order valence-electron chi connectivity index (χ4n) is 3.88. The molecule has 0 saturated heterocycles. The third-order valence-electron chi connectivity index (χ3n) is 5.10. The summed E-state index contributed by atoms with van der Waals surface area (Å²) < 4.78 is 0. The minimum Gasteiger partial charge on any atom is -0.381 e. The number of fused-ring (bicyclic) bond motifs is 1. The van der Waals surface area contributed by atoms with Crippen molar-refractivity contribution >= 4 is 28.3 Å². The molecule has 27 heavy (non-hydrogen) atoms. The topological polar surface area (TPSA) is 40.7 Å². The minimum absolute atomic E-state index is 0.486. The quantitative estimate of drug-likeness (QED) is 0.453. The molecule has 2 aromatic heterocycles. The Balaban J connectivity index is 2.13. The molecule has 2 heterocycles. The second kappa shape index (κ2) is 8.35. The van der Waals surface area contributed by atoms with E-state index in [0.717, 1.165) is 49.8 Å². The Labute approximate surface area is 167 Å². The molecule has 0 amide bonds. The van der Waals surface area contributed by atoms with E-state index in [1.165, 1.54) is 25.7 Å². The second-order valence-electron chi connectivity index (χ2n) is 7.56. The molecule has 3 aromatic rings. The Kier molecular flexibility index (Phi) is 6.11. The van der Waals surface area contributed by atoms with Gasteiger partial charge in [-0.05, 0) is 51.3 Å². The van der Waals surface area contributed by atoms with Crippen molar-refractivity contribution in [3.8, 4) is 11.1 Å². The molecule has 0 atom stereocenters. The van der Waals surface area contributed by atoms with E-state index in [9.17, 15) is 0 Å². The first-order valence-electron chi connectivity index (χ1n) is 9.97. The van der Waals surface area contributed by atoms with Crippen molar-refractivity contribution in [1.82, 2.24) is 9.97 Å². The lowest BCUT2D eigenvalue weighted by Crippen LogP contribution is -2.19. The Morgan fingerprint density at radius 2 is 1.78 bits per heavy atom. The highest BCUT2D eigenvalue weighted by Crippen LogP contribution is 2.38. The highest BCUT2D eigenvalue weighted by Gasteiger charge is 2.19. The maximum absolute atomic E-state index is 6.58. The molecular weight excluding hydrogens is 354 g/mol. The minimum atomic E-state index is 0.486. The van der Waals surface area contributed by atoms with Crippen molar-refractivity contribution in [3.63, 3.8) is 0 Å². The zero-order valence-electron chi connectivity index (χ0n) is 17.0. The van der Waals surface area contributed by atoms with Gasteiger partial charge in [0.25, 0.3) is 0 Å². The van der Waals surface area contributed by atoms with Crippen LogP contribution in [0.15, 0.2) is 24.3 Å². The normalized spacial score (nSPS) is 11.5. The molecule has 0 aliphatic rings. The molecule has 4 heteroatoms. The van der Waals surface area contributed by atoms with E-state index in [4.69, 9.17) is 16.6 Å². The van der Waals surface area contributed by atoms with Crippen molar-refractivity contribution in [2.75, 3.05) is 5.32 Å². The van der Waals surface area contributed by atoms with Gasteiger partial charge in [0.05, 0.1) is 16.7 Å². The lowest BCUT2D eigenvalue weighted by atomic mass is 10.0. The molecule has 1 aromatic carbocycles. The van der Waals surface area contributed by atoms with Crippen LogP contribution in [-0.4, -0.2) is 16.0 Å². The summed E-state index contributed by atoms with van der Waals surface area (Å²) in [6, 6.07) is 8.86. The molecule has 3 nitrogen and oxygen atoms in total. The molecule has 0 spiro atoms. The van der Waals surface area contributed by atoms with Crippen molar-refractivity contribution in [2.24, 2.45) is 0 Å². The number of rotatable bonds is 7. The summed E-state index contributed by atoms with van der Waals surface area (Å²) in [5.74, 6) is 0. The maximum Gasteiger partial charge on any atom is 0.0985 e. The Morgan fingerprint density at radius 3 is 2.41 bits per heavy atom. The number of nitrogens with zero attached hydrogens (tertiary/aromatic N) is 1. The van der Waals surface area contributed by atoms with E-state index in [0.29, 0.717) is 6.04 Å². The van der Waals surface area contributed by atoms with Crippen LogP contribution in [0.3, 0.4) is 0 Å². The predicted molar refractivity (Wildman–Crippen MR) is 118 cm³/mol. The van der Waals surface area contributed by atoms with Crippen molar-refractivity contribution in [1.29, 1.82) is 0 Å². The Bertz CT molecular complexity index is 936. The van der Waals surface area contributed by atoms with Crippen LogP contribution in [0, 0.1) is 20.8 Å². The largest absolute Gasteiger partial charge is 0.381 e. The van der Waals surface area contributed by atoms with Gasteiger partial charge in [0.1, 0.15) is 0 Å². The summed E-state index contributed by atoms with van der Waals surface area (Å²) in [4.78, 5) is 8.44. The van der Waals surface area contributed by atoms with E-state index >= 15 is 0 Å². The first kappa shape index (κ1) is 19.8. The van der Waals surface area contributed by atoms with Gasteiger partial charge in [-0.25, -0.2) is 0 Å². The van der Waals surface area contributed by atoms with Gasteiger partial charge in [-0.15, -0.1) is 0 Å². The highest BCUT2D eigenvalue weighted by molar-refractivity contribution is 6.34. The monoisotopic (exact) mass is 383 g/mol. The lowest BCUT2D eigenvalue weighted by Gasteiger charge is -2.19. The molecule has 2 N–H and O–H groups in total. The van der Waals surface area contributed by atoms with Crippen molar-refractivity contribution in [3.05, 3.63) is 46.2 Å². The van der Waals surface area contributed by atoms with E-state index in [2.05, 4.69) is 63.1 Å². The number of benzene rings is 1. The number of nitrogens with one attached hydrogen (secondary N) is 2. The number of H-pyrrole nitrogens is 1. The van der Waals surface area contributed by atoms with Gasteiger partial charge in [0.15, 0.2) is 0 Å². The zero-order valence-corrected chi connectivity index (χ0v) is 17.8. The summed E-state index contributed by atoms with van der Waals surface area (Å²) in [7, 11) is 0. The van der Waals surface area contributed by atoms with Crippen LogP contribution in [0.4, 0.5) is 5.69 Å². The Hall–Kier alpha value is -2.00. The number of aromatic amines is 1. The number of pyridine rings is 1. The van der Waals surface area contributed by atoms with Gasteiger partial charge < -0.3 is 10.3 Å². The third kappa shape index (κ3) is 4.14. The average Bonchev–Trinajstić information content (AvgIpc) is 2.92. The van der Waals surface area contributed by atoms with Crippen LogP contribution in [0.25, 0.3) is 22.2 Å². The van der Waals surface area contributed by atoms with E-state index in [1.807, 2.05) is 6.07 Å². The van der Waals surface area contributed by atoms with Gasteiger partial charge >= 0.3 is 0 Å². The van der Waals surface area contributed by atoms with Crippen LogP contribution in [0.1, 0.15) is 56.5 Å². The Morgan fingerprint density at radius 1 is 1.07 bits per heavy atom. The molecule has 0 saturated carbocycles. The van der Waals surface area contributed by atoms with Crippen LogP contribution in [0.5, 0.6) is 0 Å². The second-order valence-corrected chi connectivity index (χ2v) is 7.97. The average molecular weight is 384 g/mol. The molecule has 144 valence electrons. The molecule has 0 aliphatic carbocycles. The maximum atomic E-state index is 6.58. The van der Waals surface area contributed by atoms with Crippen LogP contribution < -0.4 is 5.32 Å². The molecule has 0 unspecified atom stereocenters. The van der Waals surface area contributed by atoms with Gasteiger partial charge in [-0.1, -0.05) is 50.4 Å². The van der Waals surface area contributed by atoms with E-state index in [1.54, 1.807) is 0 Å². The highest BCUT2D eigenvalue weighted by atomic mass is 35.5. The smallest absolute Gasteiger partial charge is 0.0985 e. The van der Waals surface area contributed by atoms with E-state index < -0.39 is 0 Å². The fraction of sp³-hybridized carbons (Fsp3) is 0.435. The SMILES string of the molecule is CCCC(CCC)Nc1cc(C)nc2c(-c3ccc(C)cc3Cl)c(C)[nH]c12. The van der Waals surface area contributed by atoms with Gasteiger partial charge in [0.2, 0.25) is 0 Å². The summed E-state index contributed by atoms with van der Waals surface area (Å²) in [5, 5.41) is 4.55. The third-order valence-corrected chi connectivity index (χ3v) is 5.41. The summed E-state index contributed by atoms with van der Waals surface area (Å²) in [6.07, 6.45) is 4.71.